The SMILES string of the molecule is CC(C)n1cccc1C(=O)N(C)C(C)(C)C(=O)O. The highest BCUT2D eigenvalue weighted by Crippen LogP contribution is 2.18. The van der Waals surface area contributed by atoms with Crippen molar-refractivity contribution in [3.05, 3.63) is 24.0 Å². The van der Waals surface area contributed by atoms with Crippen LogP contribution in [0.15, 0.2) is 18.3 Å². The minimum absolute atomic E-state index is 0.153. The highest BCUT2D eigenvalue weighted by molar-refractivity contribution is 5.96. The highest BCUT2D eigenvalue weighted by Gasteiger charge is 2.36. The zero-order chi connectivity index (χ0) is 14.1. The fourth-order valence-electron chi connectivity index (χ4n) is 1.59. The van der Waals surface area contributed by atoms with E-state index in [4.69, 9.17) is 5.11 Å². The molecule has 0 saturated carbocycles. The third kappa shape index (κ3) is 2.39. The second-order valence-electron chi connectivity index (χ2n) is 5.12. The Morgan fingerprint density at radius 1 is 1.39 bits per heavy atom. The predicted octanol–water partition coefficient (Wildman–Crippen LogP) is 2.00. The maximum atomic E-state index is 12.3. The molecule has 1 heterocycles. The smallest absolute Gasteiger partial charge is 0.329 e. The number of carboxylic acids is 1. The van der Waals surface area contributed by atoms with E-state index in [1.165, 1.54) is 25.8 Å². The van der Waals surface area contributed by atoms with E-state index >= 15 is 0 Å². The molecular formula is C13H20N2O3. The number of amides is 1. The van der Waals surface area contributed by atoms with Gasteiger partial charge in [0.05, 0.1) is 0 Å². The summed E-state index contributed by atoms with van der Waals surface area (Å²) in [4.78, 5) is 24.7. The summed E-state index contributed by atoms with van der Waals surface area (Å²) in [6, 6.07) is 3.64. The number of aromatic nitrogens is 1. The largest absolute Gasteiger partial charge is 0.480 e. The van der Waals surface area contributed by atoms with Gasteiger partial charge in [0.2, 0.25) is 0 Å². The highest BCUT2D eigenvalue weighted by atomic mass is 16.4. The molecule has 0 aliphatic rings. The van der Waals surface area contributed by atoms with Crippen LogP contribution in [0.2, 0.25) is 0 Å². The van der Waals surface area contributed by atoms with E-state index in [1.807, 2.05) is 24.6 Å². The number of nitrogens with zero attached hydrogens (tertiary/aromatic N) is 2. The fraction of sp³-hybridized carbons (Fsp3) is 0.538. The molecule has 0 aromatic carbocycles. The maximum absolute atomic E-state index is 12.3. The number of hydrogen-bond donors (Lipinski definition) is 1. The molecule has 1 rings (SSSR count). The minimum atomic E-state index is -1.23. The lowest BCUT2D eigenvalue weighted by atomic mass is 10.0. The third-order valence-electron chi connectivity index (χ3n) is 3.22. The Hall–Kier alpha value is -1.78. The van der Waals surface area contributed by atoms with Crippen LogP contribution < -0.4 is 0 Å². The van der Waals surface area contributed by atoms with E-state index in [-0.39, 0.29) is 11.9 Å². The summed E-state index contributed by atoms with van der Waals surface area (Å²) in [5.74, 6) is -1.32. The van der Waals surface area contributed by atoms with Crippen molar-refractivity contribution in [1.82, 2.24) is 9.47 Å². The quantitative estimate of drug-likeness (QED) is 0.891. The van der Waals surface area contributed by atoms with Crippen LogP contribution >= 0.6 is 0 Å². The molecule has 1 aromatic heterocycles. The van der Waals surface area contributed by atoms with Gasteiger partial charge in [-0.05, 0) is 39.8 Å². The second kappa shape index (κ2) is 4.84. The van der Waals surface area contributed by atoms with Crippen LogP contribution in [0.4, 0.5) is 0 Å². The van der Waals surface area contributed by atoms with Crippen LogP contribution in [0.1, 0.15) is 44.2 Å². The van der Waals surface area contributed by atoms with Crippen molar-refractivity contribution in [2.24, 2.45) is 0 Å². The summed E-state index contributed by atoms with van der Waals surface area (Å²) >= 11 is 0. The molecule has 0 radical (unpaired) electrons. The van der Waals surface area contributed by atoms with E-state index in [0.29, 0.717) is 5.69 Å². The molecule has 0 bridgehead atoms. The Bertz CT molecular complexity index is 461. The van der Waals surface area contributed by atoms with Gasteiger partial charge >= 0.3 is 5.97 Å². The van der Waals surface area contributed by atoms with Gasteiger partial charge in [-0.1, -0.05) is 0 Å². The minimum Gasteiger partial charge on any atom is -0.480 e. The molecule has 1 amide bonds. The van der Waals surface area contributed by atoms with E-state index in [9.17, 15) is 9.59 Å². The number of aliphatic carboxylic acids is 1. The Labute approximate surface area is 107 Å². The lowest BCUT2D eigenvalue weighted by Gasteiger charge is -2.32. The van der Waals surface area contributed by atoms with Crippen LogP contribution in [-0.4, -0.2) is 39.0 Å². The Morgan fingerprint density at radius 3 is 2.39 bits per heavy atom. The Kier molecular flexibility index (Phi) is 3.84. The first-order valence-electron chi connectivity index (χ1n) is 5.88. The first-order valence-corrected chi connectivity index (χ1v) is 5.88. The van der Waals surface area contributed by atoms with Crippen LogP contribution in [-0.2, 0) is 4.79 Å². The van der Waals surface area contributed by atoms with Gasteiger partial charge in [0.25, 0.3) is 5.91 Å². The summed E-state index contributed by atoms with van der Waals surface area (Å²) in [7, 11) is 1.51. The first kappa shape index (κ1) is 14.3. The molecule has 0 saturated heterocycles. The molecule has 5 nitrogen and oxygen atoms in total. The molecule has 0 unspecified atom stereocenters. The van der Waals surface area contributed by atoms with Crippen molar-refractivity contribution in [2.45, 2.75) is 39.3 Å². The number of carbonyl (C=O) groups excluding carboxylic acids is 1. The Balaban J connectivity index is 3.08. The summed E-state index contributed by atoms with van der Waals surface area (Å²) in [5, 5.41) is 9.14. The second-order valence-corrected chi connectivity index (χ2v) is 5.12. The van der Waals surface area contributed by atoms with Gasteiger partial charge in [-0.2, -0.15) is 0 Å². The van der Waals surface area contributed by atoms with Crippen LogP contribution in [0, 0.1) is 0 Å². The van der Waals surface area contributed by atoms with E-state index < -0.39 is 11.5 Å². The Morgan fingerprint density at radius 2 is 1.94 bits per heavy atom. The van der Waals surface area contributed by atoms with Gasteiger partial charge < -0.3 is 14.6 Å². The number of carbonyl (C=O) groups is 2. The molecular weight excluding hydrogens is 232 g/mol. The molecule has 18 heavy (non-hydrogen) atoms. The van der Waals surface area contributed by atoms with Gasteiger partial charge in [-0.15, -0.1) is 0 Å². The third-order valence-corrected chi connectivity index (χ3v) is 3.22. The van der Waals surface area contributed by atoms with Gasteiger partial charge in [-0.25, -0.2) is 4.79 Å². The van der Waals surface area contributed by atoms with Gasteiger partial charge in [-0.3, -0.25) is 4.79 Å². The predicted molar refractivity (Wildman–Crippen MR) is 68.6 cm³/mol. The monoisotopic (exact) mass is 252 g/mol. The van der Waals surface area contributed by atoms with Crippen molar-refractivity contribution < 1.29 is 14.7 Å². The van der Waals surface area contributed by atoms with Crippen molar-refractivity contribution in [2.75, 3.05) is 7.05 Å². The summed E-state index contributed by atoms with van der Waals surface area (Å²) in [6.07, 6.45) is 1.82. The zero-order valence-corrected chi connectivity index (χ0v) is 11.5. The van der Waals surface area contributed by atoms with Crippen molar-refractivity contribution in [1.29, 1.82) is 0 Å². The molecule has 1 aromatic rings. The molecule has 0 atom stereocenters. The number of likely N-dealkylation sites (N-methyl/N-ethyl adjacent to an activating group) is 1. The van der Waals surface area contributed by atoms with Crippen molar-refractivity contribution in [3.8, 4) is 0 Å². The standard InChI is InChI=1S/C13H20N2O3/c1-9(2)15-8-6-7-10(15)11(16)14(5)13(3,4)12(17)18/h6-9H,1-5H3,(H,17,18). The molecule has 100 valence electrons. The van der Waals surface area contributed by atoms with Crippen LogP contribution in [0.3, 0.4) is 0 Å². The topological polar surface area (TPSA) is 62.5 Å². The maximum Gasteiger partial charge on any atom is 0.329 e. The summed E-state index contributed by atoms with van der Waals surface area (Å²) in [5.41, 5.74) is -0.731. The van der Waals surface area contributed by atoms with Gasteiger partial charge in [0.1, 0.15) is 11.2 Å². The van der Waals surface area contributed by atoms with Gasteiger partial charge in [0, 0.05) is 19.3 Å². The summed E-state index contributed by atoms with van der Waals surface area (Å²) in [6.45, 7) is 6.96. The van der Waals surface area contributed by atoms with Crippen molar-refractivity contribution in [3.63, 3.8) is 0 Å². The average molecular weight is 252 g/mol. The average Bonchev–Trinajstić information content (AvgIpc) is 2.75. The lowest BCUT2D eigenvalue weighted by molar-refractivity contribution is -0.147. The number of hydrogen-bond acceptors (Lipinski definition) is 2. The van der Waals surface area contributed by atoms with Crippen LogP contribution in [0.25, 0.3) is 0 Å². The summed E-state index contributed by atoms with van der Waals surface area (Å²) < 4.78 is 1.83. The first-order chi connectivity index (χ1) is 8.19. The molecule has 5 heteroatoms. The lowest BCUT2D eigenvalue weighted by Crippen LogP contribution is -2.51. The van der Waals surface area contributed by atoms with Crippen LogP contribution in [0.5, 0.6) is 0 Å². The fourth-order valence-corrected chi connectivity index (χ4v) is 1.59. The van der Waals surface area contributed by atoms with Crippen molar-refractivity contribution >= 4 is 11.9 Å². The van der Waals surface area contributed by atoms with E-state index in [2.05, 4.69) is 0 Å². The van der Waals surface area contributed by atoms with E-state index in [1.54, 1.807) is 12.1 Å². The normalized spacial score (nSPS) is 11.7. The van der Waals surface area contributed by atoms with Gasteiger partial charge in [0.15, 0.2) is 0 Å². The molecule has 0 aliphatic heterocycles. The zero-order valence-electron chi connectivity index (χ0n) is 11.5. The molecule has 1 N–H and O–H groups in total. The number of carboxylic acid groups (broad SMARTS) is 1. The number of rotatable bonds is 4. The molecule has 0 spiro atoms. The molecule has 0 fully saturated rings. The van der Waals surface area contributed by atoms with E-state index in [0.717, 1.165) is 0 Å². The molecule has 0 aliphatic carbocycles.